The van der Waals surface area contributed by atoms with Gasteiger partial charge in [-0.05, 0) is 45.9 Å². The molecular weight excluding hydrogens is 443 g/mol. The maximum atomic E-state index is 15.0. The predicted octanol–water partition coefficient (Wildman–Crippen LogP) is 4.44. The smallest absolute Gasteiger partial charge is 0.306 e. The predicted molar refractivity (Wildman–Crippen MR) is 122 cm³/mol. The number of aromatic nitrogens is 4. The summed E-state index contributed by atoms with van der Waals surface area (Å²) in [5, 5.41) is 4.62. The van der Waals surface area contributed by atoms with Gasteiger partial charge in [0.15, 0.2) is 11.6 Å². The molecule has 3 aromatic heterocycles. The summed E-state index contributed by atoms with van der Waals surface area (Å²) in [6.07, 6.45) is 2.62. The van der Waals surface area contributed by atoms with E-state index >= 15 is 4.39 Å². The van der Waals surface area contributed by atoms with Crippen LogP contribution in [0.5, 0.6) is 17.4 Å². The number of aryl methyl sites for hydroxylation is 2. The number of Topliss-reactive ketones (excluding diaryl/α,β-unsaturated/α-hetero) is 1. The fourth-order valence-electron chi connectivity index (χ4n) is 3.60. The molecule has 178 valence electrons. The van der Waals surface area contributed by atoms with Gasteiger partial charge in [0.25, 0.3) is 0 Å². The molecule has 0 fully saturated rings. The molecule has 3 heterocycles. The number of aromatic amines is 1. The Bertz CT molecular complexity index is 1380. The summed E-state index contributed by atoms with van der Waals surface area (Å²) in [5.74, 6) is -0.297. The van der Waals surface area contributed by atoms with E-state index in [2.05, 4.69) is 15.1 Å². The lowest BCUT2D eigenvalue weighted by molar-refractivity contribution is -0.150. The van der Waals surface area contributed by atoms with Gasteiger partial charge in [-0.15, -0.1) is 0 Å². The van der Waals surface area contributed by atoms with Crippen molar-refractivity contribution >= 4 is 28.2 Å². The molecule has 0 spiro atoms. The zero-order valence-corrected chi connectivity index (χ0v) is 19.3. The number of nitrogens with zero attached hydrogens (tertiary/aromatic N) is 3. The average Bonchev–Trinajstić information content (AvgIpc) is 3.33. The molecule has 0 radical (unpaired) electrons. The lowest BCUT2D eigenvalue weighted by Gasteiger charge is -2.14. The number of nitrogens with one attached hydrogen (secondary N) is 1. The van der Waals surface area contributed by atoms with E-state index in [1.807, 2.05) is 6.92 Å². The molecule has 0 aliphatic heterocycles. The summed E-state index contributed by atoms with van der Waals surface area (Å²) < 4.78 is 33.5. The maximum Gasteiger partial charge on any atom is 0.306 e. The molecule has 0 saturated carbocycles. The quantitative estimate of drug-likeness (QED) is 0.362. The number of benzene rings is 1. The molecule has 4 rings (SSSR count). The Balaban J connectivity index is 1.51. The highest BCUT2D eigenvalue weighted by Crippen LogP contribution is 2.34. The lowest BCUT2D eigenvalue weighted by atomic mass is 10.2. The standard InChI is InChI=1S/C24H25FN4O5/c1-13-9-17-18(28-13)6-7-19(22(17)25)34-24-23-16(4)20(10-29(23)27-12-26-24)32-11-15(3)33-21(31)8-5-14(2)30/h6-7,9-10,12,15,28H,5,8,11H2,1-4H3/t15-/m1/s1. The molecule has 0 aliphatic rings. The Morgan fingerprint density at radius 3 is 2.76 bits per heavy atom. The second-order valence-electron chi connectivity index (χ2n) is 8.18. The van der Waals surface area contributed by atoms with Crippen LogP contribution in [0.4, 0.5) is 4.39 Å². The van der Waals surface area contributed by atoms with E-state index in [1.165, 1.54) is 17.8 Å². The van der Waals surface area contributed by atoms with Crippen LogP contribution in [0.3, 0.4) is 0 Å². The molecule has 0 unspecified atom stereocenters. The zero-order valence-electron chi connectivity index (χ0n) is 19.3. The van der Waals surface area contributed by atoms with E-state index in [0.717, 1.165) is 5.69 Å². The molecule has 0 saturated heterocycles. The summed E-state index contributed by atoms with van der Waals surface area (Å²) in [6, 6.07) is 5.01. The summed E-state index contributed by atoms with van der Waals surface area (Å²) in [5.41, 5.74) is 2.73. The third kappa shape index (κ3) is 4.85. The fourth-order valence-corrected chi connectivity index (χ4v) is 3.60. The van der Waals surface area contributed by atoms with Crippen LogP contribution in [-0.4, -0.2) is 44.0 Å². The average molecular weight is 468 g/mol. The number of H-pyrrole nitrogens is 1. The molecule has 0 amide bonds. The summed E-state index contributed by atoms with van der Waals surface area (Å²) in [4.78, 5) is 30.1. The van der Waals surface area contributed by atoms with Crippen molar-refractivity contribution in [2.45, 2.75) is 46.6 Å². The van der Waals surface area contributed by atoms with Crippen molar-refractivity contribution < 1.29 is 28.2 Å². The van der Waals surface area contributed by atoms with Crippen molar-refractivity contribution in [3.8, 4) is 17.4 Å². The topological polar surface area (TPSA) is 108 Å². The highest BCUT2D eigenvalue weighted by molar-refractivity contribution is 5.83. The number of ketones is 1. The Labute approximate surface area is 194 Å². The van der Waals surface area contributed by atoms with Crippen LogP contribution >= 0.6 is 0 Å². The van der Waals surface area contributed by atoms with E-state index in [9.17, 15) is 9.59 Å². The zero-order chi connectivity index (χ0) is 24.4. The Kier molecular flexibility index (Phi) is 6.49. The number of carbonyl (C=O) groups excluding carboxylic acids is 2. The van der Waals surface area contributed by atoms with E-state index in [1.54, 1.807) is 38.2 Å². The number of rotatable bonds is 9. The van der Waals surface area contributed by atoms with Gasteiger partial charge in [-0.3, -0.25) is 4.79 Å². The second-order valence-corrected chi connectivity index (χ2v) is 8.18. The third-order valence-corrected chi connectivity index (χ3v) is 5.28. The molecular formula is C24H25FN4O5. The first-order valence-corrected chi connectivity index (χ1v) is 10.8. The lowest BCUT2D eigenvalue weighted by Crippen LogP contribution is -2.22. The van der Waals surface area contributed by atoms with Gasteiger partial charge < -0.3 is 24.0 Å². The normalized spacial score (nSPS) is 12.1. The van der Waals surface area contributed by atoms with Gasteiger partial charge in [-0.1, -0.05) is 0 Å². The molecule has 4 aromatic rings. The first-order valence-electron chi connectivity index (χ1n) is 10.8. The largest absolute Gasteiger partial charge is 0.488 e. The summed E-state index contributed by atoms with van der Waals surface area (Å²) in [6.45, 7) is 6.89. The van der Waals surface area contributed by atoms with Crippen LogP contribution < -0.4 is 9.47 Å². The monoisotopic (exact) mass is 468 g/mol. The van der Waals surface area contributed by atoms with Gasteiger partial charge in [0.05, 0.1) is 12.6 Å². The van der Waals surface area contributed by atoms with E-state index in [0.29, 0.717) is 27.7 Å². The Morgan fingerprint density at radius 1 is 1.21 bits per heavy atom. The third-order valence-electron chi connectivity index (χ3n) is 5.28. The van der Waals surface area contributed by atoms with Crippen LogP contribution in [0.2, 0.25) is 0 Å². The number of hydrogen-bond donors (Lipinski definition) is 1. The number of esters is 1. The van der Waals surface area contributed by atoms with Crippen molar-refractivity contribution in [1.29, 1.82) is 0 Å². The molecule has 9 nitrogen and oxygen atoms in total. The molecule has 1 atom stereocenters. The van der Waals surface area contributed by atoms with Crippen LogP contribution in [0.25, 0.3) is 16.4 Å². The van der Waals surface area contributed by atoms with Crippen molar-refractivity contribution in [1.82, 2.24) is 19.6 Å². The van der Waals surface area contributed by atoms with Gasteiger partial charge in [-0.25, -0.2) is 8.91 Å². The fraction of sp³-hybridized carbons (Fsp3) is 0.333. The number of hydrogen-bond acceptors (Lipinski definition) is 7. The van der Waals surface area contributed by atoms with Crippen LogP contribution in [0, 0.1) is 19.7 Å². The van der Waals surface area contributed by atoms with E-state index in [4.69, 9.17) is 14.2 Å². The second kappa shape index (κ2) is 9.50. The molecule has 0 aliphatic carbocycles. The Morgan fingerprint density at radius 2 is 2.00 bits per heavy atom. The SMILES string of the molecule is CC(=O)CCC(=O)O[C@H](C)COc1cn2ncnc(Oc3ccc4[nH]c(C)cc4c3F)c2c1C. The van der Waals surface area contributed by atoms with Crippen molar-refractivity contribution in [2.24, 2.45) is 0 Å². The minimum atomic E-state index is -0.519. The molecule has 1 N–H and O–H groups in total. The van der Waals surface area contributed by atoms with Gasteiger partial charge in [-0.2, -0.15) is 10.1 Å². The number of halogens is 1. The number of fused-ring (bicyclic) bond motifs is 2. The van der Waals surface area contributed by atoms with Crippen molar-refractivity contribution in [3.63, 3.8) is 0 Å². The molecule has 10 heteroatoms. The highest BCUT2D eigenvalue weighted by Gasteiger charge is 2.19. The highest BCUT2D eigenvalue weighted by atomic mass is 19.1. The Hall–Kier alpha value is -3.95. The van der Waals surface area contributed by atoms with Crippen LogP contribution in [-0.2, 0) is 14.3 Å². The van der Waals surface area contributed by atoms with Gasteiger partial charge >= 0.3 is 5.97 Å². The molecule has 34 heavy (non-hydrogen) atoms. The maximum absolute atomic E-state index is 15.0. The number of carbonyl (C=O) groups is 2. The van der Waals surface area contributed by atoms with Crippen LogP contribution in [0.15, 0.2) is 30.7 Å². The van der Waals surface area contributed by atoms with E-state index < -0.39 is 17.9 Å². The van der Waals surface area contributed by atoms with Crippen molar-refractivity contribution in [2.75, 3.05) is 6.61 Å². The van der Waals surface area contributed by atoms with Crippen molar-refractivity contribution in [3.05, 3.63) is 47.8 Å². The minimum Gasteiger partial charge on any atom is -0.488 e. The summed E-state index contributed by atoms with van der Waals surface area (Å²) in [7, 11) is 0. The minimum absolute atomic E-state index is 0.0375. The summed E-state index contributed by atoms with van der Waals surface area (Å²) >= 11 is 0. The first kappa shape index (κ1) is 23.2. The van der Waals surface area contributed by atoms with Gasteiger partial charge in [0.1, 0.15) is 36.1 Å². The van der Waals surface area contributed by atoms with E-state index in [-0.39, 0.29) is 36.9 Å². The first-order chi connectivity index (χ1) is 16.2. The van der Waals surface area contributed by atoms with Gasteiger partial charge in [0.2, 0.25) is 5.88 Å². The van der Waals surface area contributed by atoms with Gasteiger partial charge in [0, 0.05) is 28.6 Å². The number of ether oxygens (including phenoxy) is 3. The van der Waals surface area contributed by atoms with Crippen LogP contribution in [0.1, 0.15) is 37.9 Å². The molecule has 1 aromatic carbocycles. The molecule has 0 bridgehead atoms.